The smallest absolute Gasteiger partial charge is 0.267 e. The van der Waals surface area contributed by atoms with Crippen molar-refractivity contribution in [1.29, 1.82) is 0 Å². The minimum atomic E-state index is -0.518. The number of primary amides is 1. The van der Waals surface area contributed by atoms with Crippen molar-refractivity contribution in [2.75, 3.05) is 5.84 Å². The number of hydrogen-bond acceptors (Lipinski definition) is 2. The van der Waals surface area contributed by atoms with Crippen LogP contribution in [0, 0.1) is 6.92 Å². The summed E-state index contributed by atoms with van der Waals surface area (Å²) in [5.74, 6) is 4.91. The quantitative estimate of drug-likeness (QED) is 0.668. The van der Waals surface area contributed by atoms with Gasteiger partial charge in [-0.15, -0.1) is 0 Å². The molecular weight excluding hydrogens is 210 g/mol. The summed E-state index contributed by atoms with van der Waals surface area (Å²) >= 11 is 3.23. The fraction of sp³-hybridized carbons (Fsp3) is 0.167. The summed E-state index contributed by atoms with van der Waals surface area (Å²) in [5.41, 5.74) is 6.16. The lowest BCUT2D eigenvalue weighted by Gasteiger charge is -1.97. The molecule has 0 radical (unpaired) electrons. The van der Waals surface area contributed by atoms with Gasteiger partial charge in [-0.1, -0.05) is 0 Å². The van der Waals surface area contributed by atoms with Crippen molar-refractivity contribution in [1.82, 2.24) is 4.68 Å². The first kappa shape index (κ1) is 8.13. The number of halogens is 1. The Morgan fingerprint density at radius 1 is 1.73 bits per heavy atom. The van der Waals surface area contributed by atoms with E-state index in [9.17, 15) is 4.79 Å². The summed E-state index contributed by atoms with van der Waals surface area (Å²) in [7, 11) is 0. The Labute approximate surface area is 72.3 Å². The van der Waals surface area contributed by atoms with Gasteiger partial charge in [-0.05, 0) is 28.4 Å². The van der Waals surface area contributed by atoms with Gasteiger partial charge in [-0.2, -0.15) is 0 Å². The number of carbonyl (C=O) groups is 1. The standard InChI is InChI=1S/C6H8BrN3O/c1-3-4(7)2-10(9)5(3)6(8)11/h2H,9H2,1H3,(H2,8,11). The average Bonchev–Trinajstić information content (AvgIpc) is 2.07. The number of nitrogens with two attached hydrogens (primary N) is 2. The maximum Gasteiger partial charge on any atom is 0.267 e. The molecule has 0 aliphatic rings. The van der Waals surface area contributed by atoms with Gasteiger partial charge in [0.15, 0.2) is 0 Å². The van der Waals surface area contributed by atoms with E-state index in [1.54, 1.807) is 13.1 Å². The predicted octanol–water partition coefficient (Wildman–Crippen LogP) is 0.372. The molecule has 1 heterocycles. The largest absolute Gasteiger partial charge is 0.364 e. The lowest BCUT2D eigenvalue weighted by Crippen LogP contribution is -2.21. The summed E-state index contributed by atoms with van der Waals surface area (Å²) in [4.78, 5) is 10.8. The molecule has 1 aromatic rings. The Morgan fingerprint density at radius 2 is 2.27 bits per heavy atom. The van der Waals surface area contributed by atoms with Crippen molar-refractivity contribution in [2.24, 2.45) is 5.73 Å². The van der Waals surface area contributed by atoms with Gasteiger partial charge in [0.25, 0.3) is 5.91 Å². The van der Waals surface area contributed by atoms with E-state index in [4.69, 9.17) is 11.6 Å². The Morgan fingerprint density at radius 3 is 2.45 bits per heavy atom. The first-order valence-corrected chi connectivity index (χ1v) is 3.75. The van der Waals surface area contributed by atoms with E-state index < -0.39 is 5.91 Å². The van der Waals surface area contributed by atoms with E-state index in [0.717, 1.165) is 10.0 Å². The third-order valence-corrected chi connectivity index (χ3v) is 2.26. The molecule has 0 bridgehead atoms. The van der Waals surface area contributed by atoms with Gasteiger partial charge in [0.2, 0.25) is 0 Å². The van der Waals surface area contributed by atoms with Gasteiger partial charge in [0, 0.05) is 10.7 Å². The maximum atomic E-state index is 10.8. The molecule has 4 N–H and O–H groups in total. The number of carbonyl (C=O) groups excluding carboxylic acids is 1. The Balaban J connectivity index is 3.34. The van der Waals surface area contributed by atoms with Gasteiger partial charge in [0.1, 0.15) is 5.69 Å². The highest BCUT2D eigenvalue weighted by atomic mass is 79.9. The Bertz CT molecular complexity index is 305. The average molecular weight is 218 g/mol. The molecule has 1 amide bonds. The van der Waals surface area contributed by atoms with Crippen LogP contribution < -0.4 is 11.6 Å². The van der Waals surface area contributed by atoms with Gasteiger partial charge in [-0.25, -0.2) is 0 Å². The highest BCUT2D eigenvalue weighted by molar-refractivity contribution is 9.10. The van der Waals surface area contributed by atoms with Crippen LogP contribution in [-0.4, -0.2) is 10.6 Å². The van der Waals surface area contributed by atoms with E-state index in [2.05, 4.69) is 15.9 Å². The minimum Gasteiger partial charge on any atom is -0.364 e. The van der Waals surface area contributed by atoms with Crippen LogP contribution in [0.1, 0.15) is 16.1 Å². The van der Waals surface area contributed by atoms with Gasteiger partial charge >= 0.3 is 0 Å². The van der Waals surface area contributed by atoms with Crippen molar-refractivity contribution < 1.29 is 4.79 Å². The first-order valence-electron chi connectivity index (χ1n) is 2.96. The fourth-order valence-corrected chi connectivity index (χ4v) is 1.31. The molecule has 0 unspecified atom stereocenters. The van der Waals surface area contributed by atoms with Crippen LogP contribution in [0.15, 0.2) is 10.7 Å². The molecule has 0 saturated heterocycles. The number of rotatable bonds is 1. The lowest BCUT2D eigenvalue weighted by molar-refractivity contribution is 0.0992. The van der Waals surface area contributed by atoms with Crippen LogP contribution in [0.2, 0.25) is 0 Å². The molecule has 0 aliphatic carbocycles. The van der Waals surface area contributed by atoms with Crippen LogP contribution in [0.5, 0.6) is 0 Å². The molecule has 0 fully saturated rings. The van der Waals surface area contributed by atoms with Crippen molar-refractivity contribution in [3.8, 4) is 0 Å². The predicted molar refractivity (Wildman–Crippen MR) is 45.5 cm³/mol. The first-order chi connectivity index (χ1) is 5.04. The minimum absolute atomic E-state index is 0.330. The molecule has 4 nitrogen and oxygen atoms in total. The molecule has 60 valence electrons. The SMILES string of the molecule is Cc1c(Br)cn(N)c1C(N)=O. The summed E-state index contributed by atoms with van der Waals surface area (Å²) in [6.07, 6.45) is 1.59. The van der Waals surface area contributed by atoms with E-state index in [0.29, 0.717) is 5.69 Å². The Hall–Kier alpha value is -0.970. The maximum absolute atomic E-state index is 10.8. The number of nitrogens with zero attached hydrogens (tertiary/aromatic N) is 1. The zero-order chi connectivity index (χ0) is 8.59. The number of nitrogen functional groups attached to an aromatic ring is 1. The molecule has 0 spiro atoms. The van der Waals surface area contributed by atoms with Crippen LogP contribution in [0.25, 0.3) is 0 Å². The van der Waals surface area contributed by atoms with Crippen LogP contribution >= 0.6 is 15.9 Å². The van der Waals surface area contributed by atoms with Gasteiger partial charge < -0.3 is 11.6 Å². The van der Waals surface area contributed by atoms with Crippen molar-refractivity contribution in [3.63, 3.8) is 0 Å². The highest BCUT2D eigenvalue weighted by Gasteiger charge is 2.12. The number of amides is 1. The molecule has 0 aliphatic heterocycles. The summed E-state index contributed by atoms with van der Waals surface area (Å²) in [5, 5.41) is 0. The molecule has 11 heavy (non-hydrogen) atoms. The molecule has 0 atom stereocenters. The molecular formula is C6H8BrN3O. The Kier molecular flexibility index (Phi) is 1.90. The molecule has 5 heteroatoms. The highest BCUT2D eigenvalue weighted by Crippen LogP contribution is 2.19. The zero-order valence-corrected chi connectivity index (χ0v) is 7.55. The zero-order valence-electron chi connectivity index (χ0n) is 5.97. The van der Waals surface area contributed by atoms with E-state index >= 15 is 0 Å². The van der Waals surface area contributed by atoms with Gasteiger partial charge in [-0.3, -0.25) is 9.47 Å². The van der Waals surface area contributed by atoms with E-state index in [1.807, 2.05) is 0 Å². The van der Waals surface area contributed by atoms with Crippen LogP contribution in [0.4, 0.5) is 0 Å². The van der Waals surface area contributed by atoms with Crippen molar-refractivity contribution >= 4 is 21.8 Å². The second kappa shape index (κ2) is 2.58. The van der Waals surface area contributed by atoms with Crippen LogP contribution in [-0.2, 0) is 0 Å². The summed E-state index contributed by atoms with van der Waals surface area (Å²) < 4.78 is 2.00. The van der Waals surface area contributed by atoms with Crippen molar-refractivity contribution in [2.45, 2.75) is 6.92 Å². The topological polar surface area (TPSA) is 74.0 Å². The van der Waals surface area contributed by atoms with E-state index in [-0.39, 0.29) is 0 Å². The number of aromatic nitrogens is 1. The fourth-order valence-electron chi connectivity index (χ4n) is 0.902. The molecule has 1 rings (SSSR count). The monoisotopic (exact) mass is 217 g/mol. The molecule has 1 aromatic heterocycles. The van der Waals surface area contributed by atoms with Crippen LogP contribution in [0.3, 0.4) is 0 Å². The van der Waals surface area contributed by atoms with Gasteiger partial charge in [0.05, 0.1) is 0 Å². The molecule has 0 saturated carbocycles. The van der Waals surface area contributed by atoms with Crippen molar-refractivity contribution in [3.05, 3.63) is 21.9 Å². The lowest BCUT2D eigenvalue weighted by atomic mass is 10.3. The van der Waals surface area contributed by atoms with E-state index in [1.165, 1.54) is 4.68 Å². The second-order valence-electron chi connectivity index (χ2n) is 2.22. The molecule has 0 aromatic carbocycles. The summed E-state index contributed by atoms with van der Waals surface area (Å²) in [6.45, 7) is 1.77. The normalized spacial score (nSPS) is 10.0. The third-order valence-electron chi connectivity index (χ3n) is 1.46. The third kappa shape index (κ3) is 1.23. The number of hydrogen-bond donors (Lipinski definition) is 2. The summed E-state index contributed by atoms with van der Waals surface area (Å²) in [6, 6.07) is 0. The second-order valence-corrected chi connectivity index (χ2v) is 3.08.